The predicted molar refractivity (Wildman–Crippen MR) is 72.0 cm³/mol. The van der Waals surface area contributed by atoms with Gasteiger partial charge in [0.1, 0.15) is 0 Å². The Hall–Kier alpha value is -1.33. The van der Waals surface area contributed by atoms with Crippen LogP contribution < -0.4 is 10.6 Å². The predicted octanol–water partition coefficient (Wildman–Crippen LogP) is 1.68. The fourth-order valence-corrected chi connectivity index (χ4v) is 2.00. The molecule has 6 heteroatoms. The average molecular weight is 272 g/mol. The maximum Gasteiger partial charge on any atom is 0.225 e. The van der Waals surface area contributed by atoms with Crippen molar-refractivity contribution < 1.29 is 9.90 Å². The highest BCUT2D eigenvalue weighted by molar-refractivity contribution is 5.90. The molecule has 1 aliphatic heterocycles. The van der Waals surface area contributed by atoms with Crippen LogP contribution in [0, 0.1) is 0 Å². The van der Waals surface area contributed by atoms with Gasteiger partial charge in [0.2, 0.25) is 5.91 Å². The number of amides is 1. The molecule has 2 rings (SSSR count). The van der Waals surface area contributed by atoms with E-state index < -0.39 is 0 Å². The van der Waals surface area contributed by atoms with Crippen molar-refractivity contribution in [3.63, 3.8) is 0 Å². The topological polar surface area (TPSA) is 74.2 Å². The highest BCUT2D eigenvalue weighted by Gasteiger charge is 2.15. The number of aromatic nitrogens is 1. The van der Waals surface area contributed by atoms with Crippen molar-refractivity contribution in [3.05, 3.63) is 18.3 Å². The van der Waals surface area contributed by atoms with Crippen LogP contribution in [0.2, 0.25) is 0 Å². The van der Waals surface area contributed by atoms with Crippen LogP contribution >= 0.6 is 12.4 Å². The van der Waals surface area contributed by atoms with E-state index >= 15 is 0 Å². The Morgan fingerprint density at radius 2 is 2.44 bits per heavy atom. The summed E-state index contributed by atoms with van der Waals surface area (Å²) < 4.78 is 0. The molecule has 1 aromatic rings. The Morgan fingerprint density at radius 1 is 1.61 bits per heavy atom. The Kier molecular flexibility index (Phi) is 5.88. The maximum atomic E-state index is 11.6. The molecule has 0 radical (unpaired) electrons. The molecule has 2 heterocycles. The zero-order valence-corrected chi connectivity index (χ0v) is 10.9. The molecule has 18 heavy (non-hydrogen) atoms. The van der Waals surface area contributed by atoms with Crippen LogP contribution in [0.1, 0.15) is 25.7 Å². The minimum absolute atomic E-state index is 0. The molecular weight excluding hydrogens is 254 g/mol. The zero-order valence-electron chi connectivity index (χ0n) is 10.1. The number of carbonyl (C=O) groups excluding carboxylic acids is 1. The molecule has 0 aromatic carbocycles. The maximum absolute atomic E-state index is 11.6. The van der Waals surface area contributed by atoms with Crippen molar-refractivity contribution in [2.45, 2.75) is 31.7 Å². The van der Waals surface area contributed by atoms with Gasteiger partial charge >= 0.3 is 0 Å². The van der Waals surface area contributed by atoms with Crippen LogP contribution in [0.3, 0.4) is 0 Å². The third-order valence-electron chi connectivity index (χ3n) is 2.93. The number of rotatable bonds is 4. The molecule has 1 amide bonds. The van der Waals surface area contributed by atoms with Crippen molar-refractivity contribution in [1.82, 2.24) is 10.3 Å². The zero-order chi connectivity index (χ0) is 12.1. The van der Waals surface area contributed by atoms with Crippen LogP contribution in [-0.4, -0.2) is 28.6 Å². The van der Waals surface area contributed by atoms with Gasteiger partial charge in [-0.15, -0.1) is 12.4 Å². The van der Waals surface area contributed by atoms with Gasteiger partial charge in [0.15, 0.2) is 11.6 Å². The van der Waals surface area contributed by atoms with Gasteiger partial charge in [-0.05, 0) is 37.9 Å². The van der Waals surface area contributed by atoms with Crippen molar-refractivity contribution >= 4 is 24.1 Å². The third-order valence-corrected chi connectivity index (χ3v) is 2.93. The Morgan fingerprint density at radius 3 is 3.11 bits per heavy atom. The van der Waals surface area contributed by atoms with Crippen LogP contribution in [-0.2, 0) is 4.79 Å². The lowest BCUT2D eigenvalue weighted by molar-refractivity contribution is -0.116. The summed E-state index contributed by atoms with van der Waals surface area (Å²) in [6, 6.07) is 3.58. The number of pyridine rings is 1. The largest absolute Gasteiger partial charge is 0.504 e. The van der Waals surface area contributed by atoms with Crippen molar-refractivity contribution in [2.75, 3.05) is 11.9 Å². The Bertz CT molecular complexity index is 395. The van der Waals surface area contributed by atoms with Gasteiger partial charge in [0.05, 0.1) is 0 Å². The highest BCUT2D eigenvalue weighted by Crippen LogP contribution is 2.19. The summed E-state index contributed by atoms with van der Waals surface area (Å²) in [5.41, 5.74) is 0. The number of hydrogen-bond donors (Lipinski definition) is 3. The summed E-state index contributed by atoms with van der Waals surface area (Å²) in [6.07, 6.45) is 5.15. The normalized spacial score (nSPS) is 18.1. The lowest BCUT2D eigenvalue weighted by Crippen LogP contribution is -2.23. The second-order valence-electron chi connectivity index (χ2n) is 4.25. The molecule has 1 unspecified atom stereocenters. The van der Waals surface area contributed by atoms with Crippen LogP contribution in [0.5, 0.6) is 5.75 Å². The monoisotopic (exact) mass is 271 g/mol. The van der Waals surface area contributed by atoms with E-state index in [4.69, 9.17) is 0 Å². The summed E-state index contributed by atoms with van der Waals surface area (Å²) in [4.78, 5) is 15.5. The fraction of sp³-hybridized carbons (Fsp3) is 0.500. The average Bonchev–Trinajstić information content (AvgIpc) is 2.82. The molecule has 1 aromatic heterocycles. The summed E-state index contributed by atoms with van der Waals surface area (Å²) in [6.45, 7) is 1.05. The molecule has 0 bridgehead atoms. The minimum atomic E-state index is -0.104. The number of anilines is 1. The first-order valence-corrected chi connectivity index (χ1v) is 5.93. The third kappa shape index (κ3) is 4.16. The first-order chi connectivity index (χ1) is 8.25. The lowest BCUT2D eigenvalue weighted by Gasteiger charge is -2.10. The number of nitrogens with zero attached hydrogens (tertiary/aromatic N) is 1. The van der Waals surface area contributed by atoms with Gasteiger partial charge < -0.3 is 15.7 Å². The number of halogens is 1. The minimum Gasteiger partial charge on any atom is -0.504 e. The molecule has 1 aliphatic rings. The van der Waals surface area contributed by atoms with Crippen molar-refractivity contribution in [3.8, 4) is 5.75 Å². The lowest BCUT2D eigenvalue weighted by atomic mass is 10.1. The van der Waals surface area contributed by atoms with Crippen molar-refractivity contribution in [1.29, 1.82) is 0 Å². The van der Waals surface area contributed by atoms with E-state index in [0.717, 1.165) is 19.4 Å². The van der Waals surface area contributed by atoms with Gasteiger partial charge in [-0.25, -0.2) is 4.98 Å². The van der Waals surface area contributed by atoms with E-state index in [2.05, 4.69) is 15.6 Å². The second kappa shape index (κ2) is 7.18. The van der Waals surface area contributed by atoms with E-state index in [1.54, 1.807) is 6.07 Å². The molecular formula is C12H18ClN3O2. The molecule has 100 valence electrons. The first kappa shape index (κ1) is 14.7. The molecule has 1 atom stereocenters. The van der Waals surface area contributed by atoms with E-state index in [0.29, 0.717) is 12.5 Å². The Labute approximate surface area is 112 Å². The second-order valence-corrected chi connectivity index (χ2v) is 4.25. The fourth-order valence-electron chi connectivity index (χ4n) is 2.00. The number of carbonyl (C=O) groups is 1. The molecule has 1 saturated heterocycles. The van der Waals surface area contributed by atoms with Gasteiger partial charge in [0.25, 0.3) is 0 Å². The first-order valence-electron chi connectivity index (χ1n) is 5.93. The molecule has 0 aliphatic carbocycles. The summed E-state index contributed by atoms with van der Waals surface area (Å²) >= 11 is 0. The molecule has 3 N–H and O–H groups in total. The number of aromatic hydroxyl groups is 1. The quantitative estimate of drug-likeness (QED) is 0.779. The Balaban J connectivity index is 0.00000162. The molecule has 0 saturated carbocycles. The van der Waals surface area contributed by atoms with E-state index in [1.807, 2.05) is 0 Å². The summed E-state index contributed by atoms with van der Waals surface area (Å²) in [7, 11) is 0. The smallest absolute Gasteiger partial charge is 0.225 e. The van der Waals surface area contributed by atoms with Crippen LogP contribution in [0.25, 0.3) is 0 Å². The van der Waals surface area contributed by atoms with Gasteiger partial charge in [0, 0.05) is 18.7 Å². The molecule has 5 nitrogen and oxygen atoms in total. The number of nitrogens with one attached hydrogen (secondary N) is 2. The van der Waals surface area contributed by atoms with Gasteiger partial charge in [-0.1, -0.05) is 0 Å². The van der Waals surface area contributed by atoms with Crippen LogP contribution in [0.4, 0.5) is 5.82 Å². The van der Waals surface area contributed by atoms with Gasteiger partial charge in [-0.2, -0.15) is 0 Å². The standard InChI is InChI=1S/C12H17N3O2.ClH/c16-10-4-2-8-14-12(10)15-11(17)6-5-9-3-1-7-13-9;/h2,4,8-9,13,16H,1,3,5-7H2,(H,14,15,17);1H. The van der Waals surface area contributed by atoms with Crippen LogP contribution in [0.15, 0.2) is 18.3 Å². The highest BCUT2D eigenvalue weighted by atomic mass is 35.5. The van der Waals surface area contributed by atoms with Gasteiger partial charge in [-0.3, -0.25) is 4.79 Å². The van der Waals surface area contributed by atoms with E-state index in [-0.39, 0.29) is 29.9 Å². The van der Waals surface area contributed by atoms with E-state index in [9.17, 15) is 9.90 Å². The summed E-state index contributed by atoms with van der Waals surface area (Å²) in [5, 5.41) is 15.4. The SMILES string of the molecule is Cl.O=C(CCC1CCCN1)Nc1ncccc1O. The van der Waals surface area contributed by atoms with E-state index in [1.165, 1.54) is 18.7 Å². The number of hydrogen-bond acceptors (Lipinski definition) is 4. The summed E-state index contributed by atoms with van der Waals surface area (Å²) in [5.74, 6) is 0.129. The molecule has 0 spiro atoms. The van der Waals surface area contributed by atoms with Crippen molar-refractivity contribution in [2.24, 2.45) is 0 Å². The molecule has 1 fully saturated rings.